The van der Waals surface area contributed by atoms with E-state index in [1.807, 2.05) is 70.2 Å². The highest BCUT2D eigenvalue weighted by molar-refractivity contribution is 5.88. The fraction of sp³-hybridized carbons (Fsp3) is 0.533. The molecule has 2 N–H and O–H groups in total. The molecule has 2 amide bonds. The molecule has 9 heteroatoms. The minimum Gasteiger partial charge on any atom is -0.493 e. The van der Waals surface area contributed by atoms with Gasteiger partial charge in [-0.2, -0.15) is 0 Å². The summed E-state index contributed by atoms with van der Waals surface area (Å²) in [4.78, 5) is 26.9. The van der Waals surface area contributed by atoms with Gasteiger partial charge in [0.25, 0.3) is 5.92 Å². The SMILES string of the molecule is CCOc1c(C2CC2)ccc([C@@H](C)N(CCO[C@H](C)c2ccccc2)C(=O)NC2(C(=O)O)CC(F)(F)C2)c1C. The molecule has 2 aromatic carbocycles. The second-order valence-corrected chi connectivity index (χ2v) is 10.7. The summed E-state index contributed by atoms with van der Waals surface area (Å²) < 4.78 is 39.5. The van der Waals surface area contributed by atoms with Crippen LogP contribution in [0, 0.1) is 6.92 Å². The molecule has 0 bridgehead atoms. The first-order chi connectivity index (χ1) is 18.5. The van der Waals surface area contributed by atoms with Gasteiger partial charge in [-0.05, 0) is 68.7 Å². The summed E-state index contributed by atoms with van der Waals surface area (Å²) in [6, 6.07) is 12.4. The number of hydrogen-bond acceptors (Lipinski definition) is 4. The summed E-state index contributed by atoms with van der Waals surface area (Å²) >= 11 is 0. The number of hydrogen-bond donors (Lipinski definition) is 2. The summed E-state index contributed by atoms with van der Waals surface area (Å²) in [6.07, 6.45) is 0.123. The zero-order valence-corrected chi connectivity index (χ0v) is 23.0. The molecule has 0 unspecified atom stereocenters. The second-order valence-electron chi connectivity index (χ2n) is 10.7. The average molecular weight is 545 g/mol. The van der Waals surface area contributed by atoms with Crippen LogP contribution in [0.15, 0.2) is 42.5 Å². The van der Waals surface area contributed by atoms with Crippen LogP contribution < -0.4 is 10.1 Å². The molecule has 0 radical (unpaired) electrons. The van der Waals surface area contributed by atoms with Crippen LogP contribution in [0.5, 0.6) is 5.75 Å². The van der Waals surface area contributed by atoms with E-state index in [-0.39, 0.29) is 19.3 Å². The second kappa shape index (κ2) is 11.5. The molecule has 2 fully saturated rings. The molecule has 0 saturated heterocycles. The maximum Gasteiger partial charge on any atom is 0.329 e. The van der Waals surface area contributed by atoms with E-state index >= 15 is 0 Å². The first-order valence-electron chi connectivity index (χ1n) is 13.6. The number of benzene rings is 2. The van der Waals surface area contributed by atoms with Crippen molar-refractivity contribution >= 4 is 12.0 Å². The number of aliphatic carboxylic acids is 1. The molecule has 2 atom stereocenters. The van der Waals surface area contributed by atoms with E-state index in [0.29, 0.717) is 12.5 Å². The molecule has 4 rings (SSSR count). The monoisotopic (exact) mass is 544 g/mol. The van der Waals surface area contributed by atoms with Crippen molar-refractivity contribution in [2.45, 2.75) is 82.9 Å². The number of ether oxygens (including phenoxy) is 2. The summed E-state index contributed by atoms with van der Waals surface area (Å²) in [7, 11) is 0. The summed E-state index contributed by atoms with van der Waals surface area (Å²) in [5, 5.41) is 12.1. The lowest BCUT2D eigenvalue weighted by atomic mass is 9.73. The zero-order valence-electron chi connectivity index (χ0n) is 23.0. The average Bonchev–Trinajstić information content (AvgIpc) is 3.72. The number of rotatable bonds is 12. The molecule has 2 saturated carbocycles. The van der Waals surface area contributed by atoms with Gasteiger partial charge < -0.3 is 24.8 Å². The highest BCUT2D eigenvalue weighted by Crippen LogP contribution is 2.48. The number of urea groups is 1. The number of carbonyl (C=O) groups is 2. The predicted octanol–water partition coefficient (Wildman–Crippen LogP) is 6.37. The first kappa shape index (κ1) is 28.8. The summed E-state index contributed by atoms with van der Waals surface area (Å²) in [6.45, 7) is 8.44. The number of halogens is 2. The Morgan fingerprint density at radius 1 is 1.13 bits per heavy atom. The Bertz CT molecular complexity index is 1180. The molecule has 2 aromatic rings. The normalized spacial score (nSPS) is 18.9. The molecule has 212 valence electrons. The van der Waals surface area contributed by atoms with Crippen molar-refractivity contribution in [3.63, 3.8) is 0 Å². The summed E-state index contributed by atoms with van der Waals surface area (Å²) in [5.74, 6) is -3.30. The van der Waals surface area contributed by atoms with Crippen LogP contribution in [0.25, 0.3) is 0 Å². The molecule has 0 aromatic heterocycles. The molecule has 39 heavy (non-hydrogen) atoms. The molecule has 2 aliphatic carbocycles. The van der Waals surface area contributed by atoms with Crippen LogP contribution in [0.4, 0.5) is 13.6 Å². The van der Waals surface area contributed by atoms with E-state index in [9.17, 15) is 23.5 Å². The lowest BCUT2D eigenvalue weighted by Gasteiger charge is -2.45. The van der Waals surface area contributed by atoms with Crippen LogP contribution in [-0.4, -0.2) is 53.2 Å². The van der Waals surface area contributed by atoms with E-state index in [0.717, 1.165) is 40.8 Å². The van der Waals surface area contributed by atoms with Crippen molar-refractivity contribution in [1.29, 1.82) is 0 Å². The van der Waals surface area contributed by atoms with Gasteiger partial charge in [0.1, 0.15) is 5.75 Å². The zero-order chi connectivity index (χ0) is 28.4. The number of carboxylic acids is 1. The quantitative estimate of drug-likeness (QED) is 0.324. The number of carboxylic acid groups (broad SMARTS) is 1. The van der Waals surface area contributed by atoms with Gasteiger partial charge in [-0.3, -0.25) is 0 Å². The Labute approximate surface area is 228 Å². The van der Waals surface area contributed by atoms with Crippen molar-refractivity contribution in [1.82, 2.24) is 10.2 Å². The van der Waals surface area contributed by atoms with Crippen LogP contribution in [-0.2, 0) is 9.53 Å². The number of carbonyl (C=O) groups excluding carboxylic acids is 1. The minimum absolute atomic E-state index is 0.129. The lowest BCUT2D eigenvalue weighted by Crippen LogP contribution is -2.68. The van der Waals surface area contributed by atoms with Crippen molar-refractivity contribution in [2.75, 3.05) is 19.8 Å². The van der Waals surface area contributed by atoms with E-state index in [4.69, 9.17) is 9.47 Å². The highest BCUT2D eigenvalue weighted by Gasteiger charge is 2.62. The molecular formula is C30H38F2N2O5. The summed E-state index contributed by atoms with van der Waals surface area (Å²) in [5.41, 5.74) is 1.89. The van der Waals surface area contributed by atoms with Gasteiger partial charge in [-0.25, -0.2) is 18.4 Å². The number of nitrogens with one attached hydrogen (secondary N) is 1. The standard InChI is InChI=1S/C30H38F2N2O5/c1-5-38-26-19(2)24(13-14-25(26)23-11-12-23)20(3)34(15-16-39-21(4)22-9-7-6-8-10-22)28(37)33-29(27(35)36)17-30(31,32)18-29/h6-10,13-14,20-21,23H,5,11-12,15-18H2,1-4H3,(H,33,37)(H,35,36)/t20-,21-/m1/s1. The van der Waals surface area contributed by atoms with E-state index < -0.39 is 42.3 Å². The van der Waals surface area contributed by atoms with Gasteiger partial charge in [0.15, 0.2) is 5.54 Å². The van der Waals surface area contributed by atoms with Gasteiger partial charge in [0.2, 0.25) is 0 Å². The van der Waals surface area contributed by atoms with Gasteiger partial charge in [0.05, 0.1) is 25.4 Å². The Hall–Kier alpha value is -3.20. The van der Waals surface area contributed by atoms with E-state index in [1.165, 1.54) is 4.90 Å². The molecule has 0 heterocycles. The number of nitrogens with zero attached hydrogens (tertiary/aromatic N) is 1. The Balaban J connectivity index is 1.58. The maximum absolute atomic E-state index is 13.7. The largest absolute Gasteiger partial charge is 0.493 e. The lowest BCUT2D eigenvalue weighted by molar-refractivity contribution is -0.175. The third kappa shape index (κ3) is 6.35. The maximum atomic E-state index is 13.7. The van der Waals surface area contributed by atoms with Gasteiger partial charge in [-0.1, -0.05) is 42.5 Å². The van der Waals surface area contributed by atoms with Crippen LogP contribution in [0.2, 0.25) is 0 Å². The van der Waals surface area contributed by atoms with E-state index in [1.54, 1.807) is 0 Å². The van der Waals surface area contributed by atoms with E-state index in [2.05, 4.69) is 5.32 Å². The van der Waals surface area contributed by atoms with Crippen LogP contribution in [0.3, 0.4) is 0 Å². The van der Waals surface area contributed by atoms with Gasteiger partial charge in [-0.15, -0.1) is 0 Å². The van der Waals surface area contributed by atoms with Crippen molar-refractivity contribution in [3.8, 4) is 5.75 Å². The van der Waals surface area contributed by atoms with Crippen LogP contribution in [0.1, 0.15) is 86.8 Å². The van der Waals surface area contributed by atoms with Gasteiger partial charge >= 0.3 is 12.0 Å². The smallest absolute Gasteiger partial charge is 0.329 e. The fourth-order valence-corrected chi connectivity index (χ4v) is 5.42. The third-order valence-corrected chi connectivity index (χ3v) is 7.81. The van der Waals surface area contributed by atoms with Crippen molar-refractivity contribution < 1.29 is 33.0 Å². The Kier molecular flexibility index (Phi) is 8.49. The Morgan fingerprint density at radius 2 is 1.79 bits per heavy atom. The Morgan fingerprint density at radius 3 is 2.36 bits per heavy atom. The van der Waals surface area contributed by atoms with Crippen LogP contribution >= 0.6 is 0 Å². The number of amides is 2. The minimum atomic E-state index is -3.13. The molecule has 0 aliphatic heterocycles. The molecule has 0 spiro atoms. The molecular weight excluding hydrogens is 506 g/mol. The molecule has 7 nitrogen and oxygen atoms in total. The number of alkyl halides is 2. The topological polar surface area (TPSA) is 88.1 Å². The molecule has 2 aliphatic rings. The van der Waals surface area contributed by atoms with Crippen molar-refractivity contribution in [2.24, 2.45) is 0 Å². The predicted molar refractivity (Wildman–Crippen MR) is 143 cm³/mol. The fourth-order valence-electron chi connectivity index (χ4n) is 5.42. The van der Waals surface area contributed by atoms with Gasteiger partial charge in [0, 0.05) is 19.4 Å². The highest BCUT2D eigenvalue weighted by atomic mass is 19.3. The first-order valence-corrected chi connectivity index (χ1v) is 13.6. The van der Waals surface area contributed by atoms with Crippen molar-refractivity contribution in [3.05, 3.63) is 64.7 Å². The third-order valence-electron chi connectivity index (χ3n) is 7.81.